The molecule has 6 heteroatoms. The maximum Gasteiger partial charge on any atom is 0.188 e. The molecule has 0 spiro atoms. The van der Waals surface area contributed by atoms with Crippen molar-refractivity contribution < 1.29 is 0 Å². The van der Waals surface area contributed by atoms with Crippen LogP contribution in [0.25, 0.3) is 11.3 Å². The van der Waals surface area contributed by atoms with Gasteiger partial charge < -0.3 is 11.1 Å². The van der Waals surface area contributed by atoms with E-state index in [1.807, 2.05) is 6.92 Å². The molecule has 0 aliphatic carbocycles. The Morgan fingerprint density at radius 2 is 2.00 bits per heavy atom. The number of hydrogen-bond donors (Lipinski definition) is 2. The van der Waals surface area contributed by atoms with Gasteiger partial charge in [-0.3, -0.25) is 4.99 Å². The Balaban J connectivity index is 0.00000288. The van der Waals surface area contributed by atoms with Crippen LogP contribution in [0.2, 0.25) is 0 Å². The van der Waals surface area contributed by atoms with Crippen molar-refractivity contribution >= 4 is 41.3 Å². The van der Waals surface area contributed by atoms with E-state index in [0.29, 0.717) is 11.9 Å². The molecule has 2 aromatic rings. The molecule has 0 saturated carbocycles. The number of aliphatic imine (C=N–C) groups is 1. The average Bonchev–Trinajstić information content (AvgIpc) is 2.94. The third kappa shape index (κ3) is 7.17. The molecule has 0 atom stereocenters. The Morgan fingerprint density at radius 1 is 1.29 bits per heavy atom. The highest BCUT2D eigenvalue weighted by atomic mass is 127. The van der Waals surface area contributed by atoms with Gasteiger partial charge in [0.1, 0.15) is 0 Å². The predicted octanol–water partition coefficient (Wildman–Crippen LogP) is 4.23. The van der Waals surface area contributed by atoms with Gasteiger partial charge in [-0.25, -0.2) is 4.98 Å². The molecule has 0 unspecified atom stereocenters. The smallest absolute Gasteiger partial charge is 0.188 e. The van der Waals surface area contributed by atoms with Crippen LogP contribution in [0, 0.1) is 12.8 Å². The standard InChI is InChI=1S/C18H26N4S.HI/c1-13(2)8-10-20-18(19)21-11-9-15-4-6-16(7-5-15)17-12-23-14(3)22-17;/h4-7,12-13H,8-11H2,1-3H3,(H3,19,20,21);1H. The number of halogens is 1. The zero-order valence-electron chi connectivity index (χ0n) is 14.6. The van der Waals surface area contributed by atoms with E-state index in [4.69, 9.17) is 5.73 Å². The normalized spacial score (nSPS) is 11.4. The van der Waals surface area contributed by atoms with Gasteiger partial charge in [0.2, 0.25) is 0 Å². The van der Waals surface area contributed by atoms with E-state index < -0.39 is 0 Å². The van der Waals surface area contributed by atoms with Gasteiger partial charge >= 0.3 is 0 Å². The van der Waals surface area contributed by atoms with Gasteiger partial charge in [-0.2, -0.15) is 0 Å². The minimum atomic E-state index is 0. The average molecular weight is 458 g/mol. The summed E-state index contributed by atoms with van der Waals surface area (Å²) in [4.78, 5) is 8.84. The van der Waals surface area contributed by atoms with E-state index in [0.717, 1.165) is 36.6 Å². The predicted molar refractivity (Wildman–Crippen MR) is 115 cm³/mol. The van der Waals surface area contributed by atoms with E-state index in [-0.39, 0.29) is 24.0 Å². The van der Waals surface area contributed by atoms with Crippen LogP contribution in [0.5, 0.6) is 0 Å². The third-order valence-corrected chi connectivity index (χ3v) is 4.35. The molecular formula is C18H27IN4S. The first-order chi connectivity index (χ1) is 11.0. The number of benzene rings is 1. The summed E-state index contributed by atoms with van der Waals surface area (Å²) in [6, 6.07) is 8.56. The molecule has 0 fully saturated rings. The second-order valence-corrected chi connectivity index (χ2v) is 7.14. The Hall–Kier alpha value is -1.15. The van der Waals surface area contributed by atoms with Crippen molar-refractivity contribution in [3.63, 3.8) is 0 Å². The lowest BCUT2D eigenvalue weighted by Crippen LogP contribution is -2.33. The summed E-state index contributed by atoms with van der Waals surface area (Å²) in [6.07, 6.45) is 2.00. The number of rotatable bonds is 7. The number of thiazole rings is 1. The van der Waals surface area contributed by atoms with E-state index >= 15 is 0 Å². The second-order valence-electron chi connectivity index (χ2n) is 6.07. The molecule has 0 saturated heterocycles. The topological polar surface area (TPSA) is 63.3 Å². The highest BCUT2D eigenvalue weighted by Gasteiger charge is 2.02. The van der Waals surface area contributed by atoms with Crippen LogP contribution in [0.4, 0.5) is 0 Å². The summed E-state index contributed by atoms with van der Waals surface area (Å²) >= 11 is 1.68. The minimum Gasteiger partial charge on any atom is -0.370 e. The van der Waals surface area contributed by atoms with Gasteiger partial charge in [-0.1, -0.05) is 38.1 Å². The molecule has 1 aromatic carbocycles. The van der Waals surface area contributed by atoms with Crippen molar-refractivity contribution in [2.24, 2.45) is 16.6 Å². The highest BCUT2D eigenvalue weighted by Crippen LogP contribution is 2.21. The van der Waals surface area contributed by atoms with Crippen LogP contribution in [0.1, 0.15) is 30.8 Å². The Kier molecular flexibility index (Phi) is 9.28. The molecule has 0 aliphatic rings. The molecule has 0 amide bonds. The quantitative estimate of drug-likeness (QED) is 0.371. The molecule has 1 aromatic heterocycles. The summed E-state index contributed by atoms with van der Waals surface area (Å²) in [5, 5.41) is 6.37. The molecule has 2 rings (SSSR count). The number of guanidine groups is 1. The number of hydrogen-bond acceptors (Lipinski definition) is 3. The first-order valence-electron chi connectivity index (χ1n) is 8.10. The molecule has 3 N–H and O–H groups in total. The van der Waals surface area contributed by atoms with E-state index in [1.165, 1.54) is 11.1 Å². The van der Waals surface area contributed by atoms with Crippen molar-refractivity contribution in [1.29, 1.82) is 0 Å². The highest BCUT2D eigenvalue weighted by molar-refractivity contribution is 14.0. The van der Waals surface area contributed by atoms with E-state index in [2.05, 4.69) is 58.8 Å². The maximum atomic E-state index is 5.86. The van der Waals surface area contributed by atoms with Crippen LogP contribution in [-0.2, 0) is 6.42 Å². The molecule has 0 aliphatic heterocycles. The summed E-state index contributed by atoms with van der Waals surface area (Å²) < 4.78 is 0. The lowest BCUT2D eigenvalue weighted by atomic mass is 10.1. The monoisotopic (exact) mass is 458 g/mol. The van der Waals surface area contributed by atoms with Crippen LogP contribution in [0.3, 0.4) is 0 Å². The van der Waals surface area contributed by atoms with Gasteiger partial charge in [-0.15, -0.1) is 35.3 Å². The summed E-state index contributed by atoms with van der Waals surface area (Å²) in [5.74, 6) is 1.20. The SMILES string of the molecule is Cc1nc(-c2ccc(CCNC(N)=NCCC(C)C)cc2)cs1.I. The first kappa shape index (κ1) is 20.9. The van der Waals surface area contributed by atoms with Crippen molar-refractivity contribution in [2.45, 2.75) is 33.6 Å². The van der Waals surface area contributed by atoms with Gasteiger partial charge in [0.25, 0.3) is 0 Å². The second kappa shape index (κ2) is 10.7. The number of aromatic nitrogens is 1. The lowest BCUT2D eigenvalue weighted by molar-refractivity contribution is 0.595. The molecular weight excluding hydrogens is 431 g/mol. The largest absolute Gasteiger partial charge is 0.370 e. The number of nitrogens with two attached hydrogens (primary N) is 1. The molecule has 1 heterocycles. The number of nitrogens with zero attached hydrogens (tertiary/aromatic N) is 2. The Labute approximate surface area is 166 Å². The van der Waals surface area contributed by atoms with Crippen molar-refractivity contribution in [1.82, 2.24) is 10.3 Å². The van der Waals surface area contributed by atoms with Crippen LogP contribution < -0.4 is 11.1 Å². The third-order valence-electron chi connectivity index (χ3n) is 3.58. The van der Waals surface area contributed by atoms with Crippen molar-refractivity contribution in [2.75, 3.05) is 13.1 Å². The first-order valence-corrected chi connectivity index (χ1v) is 8.98. The Bertz CT molecular complexity index is 635. The summed E-state index contributed by atoms with van der Waals surface area (Å²) in [7, 11) is 0. The van der Waals surface area contributed by atoms with Crippen LogP contribution in [0.15, 0.2) is 34.6 Å². The maximum absolute atomic E-state index is 5.86. The van der Waals surface area contributed by atoms with E-state index in [1.54, 1.807) is 11.3 Å². The van der Waals surface area contributed by atoms with Gasteiger partial charge in [0, 0.05) is 24.0 Å². The fraction of sp³-hybridized carbons (Fsp3) is 0.444. The molecule has 24 heavy (non-hydrogen) atoms. The molecule has 0 radical (unpaired) electrons. The Morgan fingerprint density at radius 3 is 2.58 bits per heavy atom. The summed E-state index contributed by atoms with van der Waals surface area (Å²) in [5.41, 5.74) is 9.36. The number of aryl methyl sites for hydroxylation is 1. The lowest BCUT2D eigenvalue weighted by Gasteiger charge is -2.07. The molecule has 132 valence electrons. The summed E-state index contributed by atoms with van der Waals surface area (Å²) in [6.45, 7) is 8.00. The zero-order valence-corrected chi connectivity index (χ0v) is 17.7. The van der Waals surface area contributed by atoms with Crippen molar-refractivity contribution in [3.8, 4) is 11.3 Å². The zero-order chi connectivity index (χ0) is 16.7. The van der Waals surface area contributed by atoms with Crippen LogP contribution >= 0.6 is 35.3 Å². The fourth-order valence-corrected chi connectivity index (χ4v) is 2.79. The van der Waals surface area contributed by atoms with Gasteiger partial charge in [0.15, 0.2) is 5.96 Å². The molecule has 0 bridgehead atoms. The van der Waals surface area contributed by atoms with Crippen LogP contribution in [-0.4, -0.2) is 24.0 Å². The minimum absolute atomic E-state index is 0. The fourth-order valence-electron chi connectivity index (χ4n) is 2.17. The van der Waals surface area contributed by atoms with E-state index in [9.17, 15) is 0 Å². The molecule has 4 nitrogen and oxygen atoms in total. The number of nitrogens with one attached hydrogen (secondary N) is 1. The van der Waals surface area contributed by atoms with Crippen molar-refractivity contribution in [3.05, 3.63) is 40.2 Å². The van der Waals surface area contributed by atoms with Gasteiger partial charge in [-0.05, 0) is 31.2 Å². The van der Waals surface area contributed by atoms with Gasteiger partial charge in [0.05, 0.1) is 10.7 Å².